The third-order valence-electron chi connectivity index (χ3n) is 5.50. The lowest BCUT2D eigenvalue weighted by Crippen LogP contribution is -2.49. The number of anilines is 2. The van der Waals surface area contributed by atoms with E-state index in [0.29, 0.717) is 13.1 Å². The zero-order chi connectivity index (χ0) is 21.1. The second-order valence-electron chi connectivity index (χ2n) is 7.43. The van der Waals surface area contributed by atoms with Crippen LogP contribution in [0.15, 0.2) is 54.7 Å². The van der Waals surface area contributed by atoms with Crippen LogP contribution in [0.25, 0.3) is 10.9 Å². The summed E-state index contributed by atoms with van der Waals surface area (Å²) in [6.07, 6.45) is 1.90. The van der Waals surface area contributed by atoms with Crippen molar-refractivity contribution in [3.63, 3.8) is 0 Å². The van der Waals surface area contributed by atoms with Gasteiger partial charge < -0.3 is 24.4 Å². The smallest absolute Gasteiger partial charge is 0.242 e. The molecule has 2 heterocycles. The average molecular weight is 406 g/mol. The SMILES string of the molecule is COc1ccc(N2CCN(C(=O)Cn3ccc4c(NC(C)=O)cccc43)CC2)cc1. The fourth-order valence-corrected chi connectivity index (χ4v) is 3.91. The highest BCUT2D eigenvalue weighted by Gasteiger charge is 2.22. The van der Waals surface area contributed by atoms with Gasteiger partial charge in [-0.3, -0.25) is 9.59 Å². The average Bonchev–Trinajstić information content (AvgIpc) is 3.17. The molecule has 2 amide bonds. The molecule has 1 aliphatic rings. The molecule has 7 heteroatoms. The molecule has 0 aliphatic carbocycles. The van der Waals surface area contributed by atoms with E-state index in [9.17, 15) is 9.59 Å². The monoisotopic (exact) mass is 406 g/mol. The Kier molecular flexibility index (Phi) is 5.61. The zero-order valence-electron chi connectivity index (χ0n) is 17.3. The van der Waals surface area contributed by atoms with Crippen LogP contribution >= 0.6 is 0 Å². The number of nitrogens with one attached hydrogen (secondary N) is 1. The van der Waals surface area contributed by atoms with Crippen molar-refractivity contribution in [2.24, 2.45) is 0 Å². The molecule has 0 spiro atoms. The number of fused-ring (bicyclic) bond motifs is 1. The molecular formula is C23H26N4O3. The molecule has 1 saturated heterocycles. The molecule has 1 aromatic heterocycles. The van der Waals surface area contributed by atoms with E-state index in [-0.39, 0.29) is 18.4 Å². The molecule has 0 bridgehead atoms. The van der Waals surface area contributed by atoms with Crippen molar-refractivity contribution in [3.8, 4) is 5.75 Å². The summed E-state index contributed by atoms with van der Waals surface area (Å²) in [5, 5.41) is 3.78. The Hall–Kier alpha value is -3.48. The largest absolute Gasteiger partial charge is 0.497 e. The molecule has 0 saturated carbocycles. The molecule has 4 rings (SSSR count). The van der Waals surface area contributed by atoms with E-state index in [1.165, 1.54) is 6.92 Å². The van der Waals surface area contributed by atoms with Gasteiger partial charge in [-0.05, 0) is 42.5 Å². The van der Waals surface area contributed by atoms with Crippen molar-refractivity contribution in [3.05, 3.63) is 54.7 Å². The van der Waals surface area contributed by atoms with E-state index < -0.39 is 0 Å². The van der Waals surface area contributed by atoms with Crippen LogP contribution in [0, 0.1) is 0 Å². The minimum absolute atomic E-state index is 0.104. The molecule has 0 atom stereocenters. The van der Waals surface area contributed by atoms with E-state index in [0.717, 1.165) is 41.1 Å². The Balaban J connectivity index is 1.40. The van der Waals surface area contributed by atoms with Crippen LogP contribution in [0.2, 0.25) is 0 Å². The van der Waals surface area contributed by atoms with Gasteiger partial charge in [0, 0.05) is 50.4 Å². The van der Waals surface area contributed by atoms with Gasteiger partial charge in [-0.2, -0.15) is 0 Å². The summed E-state index contributed by atoms with van der Waals surface area (Å²) in [6.45, 7) is 4.78. The van der Waals surface area contributed by atoms with Gasteiger partial charge in [0.15, 0.2) is 0 Å². The van der Waals surface area contributed by atoms with Crippen LogP contribution in [0.1, 0.15) is 6.92 Å². The van der Waals surface area contributed by atoms with Gasteiger partial charge in [-0.25, -0.2) is 0 Å². The Morgan fingerprint density at radius 3 is 2.40 bits per heavy atom. The van der Waals surface area contributed by atoms with Crippen LogP contribution in [-0.4, -0.2) is 54.6 Å². The number of methoxy groups -OCH3 is 1. The first-order chi connectivity index (χ1) is 14.5. The predicted octanol–water partition coefficient (Wildman–Crippen LogP) is 2.96. The highest BCUT2D eigenvalue weighted by molar-refractivity contribution is 6.01. The maximum absolute atomic E-state index is 12.9. The first-order valence-electron chi connectivity index (χ1n) is 10.1. The number of amides is 2. The summed E-state index contributed by atoms with van der Waals surface area (Å²) in [5.74, 6) is 0.834. The fourth-order valence-electron chi connectivity index (χ4n) is 3.91. The third-order valence-corrected chi connectivity index (χ3v) is 5.50. The quantitative estimate of drug-likeness (QED) is 0.708. The summed E-state index contributed by atoms with van der Waals surface area (Å²) in [4.78, 5) is 28.5. The molecule has 1 fully saturated rings. The van der Waals surface area contributed by atoms with Crippen molar-refractivity contribution < 1.29 is 14.3 Å². The lowest BCUT2D eigenvalue weighted by Gasteiger charge is -2.36. The molecule has 1 aliphatic heterocycles. The van der Waals surface area contributed by atoms with Crippen molar-refractivity contribution in [2.45, 2.75) is 13.5 Å². The number of rotatable bonds is 5. The predicted molar refractivity (Wildman–Crippen MR) is 118 cm³/mol. The van der Waals surface area contributed by atoms with Crippen molar-refractivity contribution in [2.75, 3.05) is 43.5 Å². The van der Waals surface area contributed by atoms with Gasteiger partial charge in [0.05, 0.1) is 18.3 Å². The topological polar surface area (TPSA) is 66.8 Å². The molecule has 0 unspecified atom stereocenters. The Morgan fingerprint density at radius 2 is 1.73 bits per heavy atom. The van der Waals surface area contributed by atoms with E-state index in [4.69, 9.17) is 4.74 Å². The van der Waals surface area contributed by atoms with Gasteiger partial charge >= 0.3 is 0 Å². The van der Waals surface area contributed by atoms with Gasteiger partial charge in [0.25, 0.3) is 0 Å². The Labute approximate surface area is 175 Å². The normalized spacial score (nSPS) is 14.1. The number of carbonyl (C=O) groups is 2. The number of carbonyl (C=O) groups excluding carboxylic acids is 2. The van der Waals surface area contributed by atoms with Crippen LogP contribution in [0.4, 0.5) is 11.4 Å². The molecule has 0 radical (unpaired) electrons. The van der Waals surface area contributed by atoms with Crippen LogP contribution < -0.4 is 15.0 Å². The van der Waals surface area contributed by atoms with E-state index in [2.05, 4.69) is 22.3 Å². The highest BCUT2D eigenvalue weighted by atomic mass is 16.5. The Bertz CT molecular complexity index is 1050. The second kappa shape index (κ2) is 8.49. The first kappa shape index (κ1) is 19.8. The van der Waals surface area contributed by atoms with Gasteiger partial charge in [-0.15, -0.1) is 0 Å². The summed E-state index contributed by atoms with van der Waals surface area (Å²) in [6, 6.07) is 15.7. The minimum Gasteiger partial charge on any atom is -0.497 e. The lowest BCUT2D eigenvalue weighted by molar-refractivity contribution is -0.132. The van der Waals surface area contributed by atoms with Crippen molar-refractivity contribution in [1.29, 1.82) is 0 Å². The standard InChI is InChI=1S/C23H26N4O3/c1-17(28)24-21-4-3-5-22-20(21)10-11-27(22)16-23(29)26-14-12-25(13-15-26)18-6-8-19(30-2)9-7-18/h3-11H,12-16H2,1-2H3,(H,24,28). The Morgan fingerprint density at radius 1 is 1.00 bits per heavy atom. The van der Waals surface area contributed by atoms with Crippen LogP contribution in [0.5, 0.6) is 5.75 Å². The molecule has 3 aromatic rings. The molecule has 30 heavy (non-hydrogen) atoms. The van der Waals surface area contributed by atoms with Gasteiger partial charge in [-0.1, -0.05) is 6.07 Å². The maximum Gasteiger partial charge on any atom is 0.242 e. The summed E-state index contributed by atoms with van der Waals surface area (Å²) >= 11 is 0. The van der Waals surface area contributed by atoms with E-state index in [1.54, 1.807) is 7.11 Å². The highest BCUT2D eigenvalue weighted by Crippen LogP contribution is 2.25. The van der Waals surface area contributed by atoms with E-state index in [1.807, 2.05) is 52.1 Å². The number of nitrogens with zero attached hydrogens (tertiary/aromatic N) is 3. The summed E-state index contributed by atoms with van der Waals surface area (Å²) in [5.41, 5.74) is 2.84. The second-order valence-corrected chi connectivity index (χ2v) is 7.43. The van der Waals surface area contributed by atoms with Crippen LogP contribution in [0.3, 0.4) is 0 Å². The van der Waals surface area contributed by atoms with Crippen LogP contribution in [-0.2, 0) is 16.1 Å². The molecule has 156 valence electrons. The zero-order valence-corrected chi connectivity index (χ0v) is 17.3. The number of benzene rings is 2. The fraction of sp³-hybridized carbons (Fsp3) is 0.304. The molecular weight excluding hydrogens is 380 g/mol. The molecule has 1 N–H and O–H groups in total. The van der Waals surface area contributed by atoms with Crippen molar-refractivity contribution >= 4 is 34.1 Å². The van der Waals surface area contributed by atoms with Gasteiger partial charge in [0.2, 0.25) is 11.8 Å². The summed E-state index contributed by atoms with van der Waals surface area (Å²) in [7, 11) is 1.66. The maximum atomic E-state index is 12.9. The number of hydrogen-bond acceptors (Lipinski definition) is 4. The third kappa shape index (κ3) is 4.10. The molecule has 7 nitrogen and oxygen atoms in total. The number of piperazine rings is 1. The van der Waals surface area contributed by atoms with Gasteiger partial charge in [0.1, 0.15) is 12.3 Å². The minimum atomic E-state index is -0.110. The number of hydrogen-bond donors (Lipinski definition) is 1. The lowest BCUT2D eigenvalue weighted by atomic mass is 10.2. The molecule has 2 aromatic carbocycles. The first-order valence-corrected chi connectivity index (χ1v) is 10.1. The van der Waals surface area contributed by atoms with Crippen molar-refractivity contribution in [1.82, 2.24) is 9.47 Å². The number of aromatic nitrogens is 1. The summed E-state index contributed by atoms with van der Waals surface area (Å²) < 4.78 is 7.16. The number of ether oxygens (including phenoxy) is 1. The van der Waals surface area contributed by atoms with E-state index >= 15 is 0 Å².